The van der Waals surface area contributed by atoms with Crippen LogP contribution in [0.25, 0.3) is 5.65 Å². The molecule has 0 saturated heterocycles. The van der Waals surface area contributed by atoms with Crippen LogP contribution in [0.5, 0.6) is 0 Å². The van der Waals surface area contributed by atoms with Gasteiger partial charge in [0.2, 0.25) is 0 Å². The molecule has 0 N–H and O–H groups in total. The quantitative estimate of drug-likeness (QED) is 0.553. The first kappa shape index (κ1) is 14.0. The Labute approximate surface area is 105 Å². The minimum atomic E-state index is -4.57. The van der Waals surface area contributed by atoms with E-state index in [1.54, 1.807) is 0 Å². The number of alkyl halides is 3. The van der Waals surface area contributed by atoms with E-state index >= 15 is 0 Å². The Bertz CT molecular complexity index is 534. The van der Waals surface area contributed by atoms with Crippen LogP contribution in [0.15, 0.2) is 18.5 Å². The molecule has 8 heteroatoms. The van der Waals surface area contributed by atoms with Crippen LogP contribution < -0.4 is 0 Å². The molecule has 0 aliphatic rings. The molecule has 1 radical (unpaired) electrons. The van der Waals surface area contributed by atoms with Crippen LogP contribution in [0.4, 0.5) is 22.0 Å². The second-order valence-corrected chi connectivity index (χ2v) is 3.07. The van der Waals surface area contributed by atoms with E-state index in [4.69, 9.17) is 0 Å². The number of nitrogens with zero attached hydrogens (tertiary/aromatic N) is 2. The number of pyridine rings is 1. The van der Waals surface area contributed by atoms with Crippen molar-refractivity contribution in [1.29, 1.82) is 0 Å². The van der Waals surface area contributed by atoms with Gasteiger partial charge in [0, 0.05) is 18.5 Å². The van der Waals surface area contributed by atoms with Gasteiger partial charge >= 0.3 is 25.0 Å². The summed E-state index contributed by atoms with van der Waals surface area (Å²) in [6, 6.07) is 0.555. The van der Waals surface area contributed by atoms with Crippen LogP contribution >= 0.6 is 0 Å². The average Bonchev–Trinajstić information content (AvgIpc) is 2.46. The molecule has 0 fully saturated rings. The first-order valence-corrected chi connectivity index (χ1v) is 4.11. The number of fused-ring (bicyclic) bond motifs is 1. The van der Waals surface area contributed by atoms with Gasteiger partial charge in [-0.05, 0) is 0 Å². The van der Waals surface area contributed by atoms with Gasteiger partial charge < -0.3 is 0 Å². The molecule has 2 rings (SSSR count). The molecule has 2 aromatic heterocycles. The third-order valence-electron chi connectivity index (χ3n) is 1.87. The molecular weight excluding hydrogens is 238 g/mol. The van der Waals surface area contributed by atoms with Crippen LogP contribution in [0.2, 0.25) is 0 Å². The number of hydrogen-bond acceptors (Lipinski definition) is 1. The molecule has 2 nitrogen and oxygen atoms in total. The van der Waals surface area contributed by atoms with Crippen molar-refractivity contribution in [3.63, 3.8) is 0 Å². The van der Waals surface area contributed by atoms with Crippen LogP contribution in [0.3, 0.4) is 0 Å². The number of imidazole rings is 1. The molecule has 0 aliphatic carbocycles. The van der Waals surface area contributed by atoms with Gasteiger partial charge in [-0.1, -0.05) is 0 Å². The Morgan fingerprint density at radius 2 is 1.88 bits per heavy atom. The van der Waals surface area contributed by atoms with Crippen LogP contribution in [0, 0.1) is 18.1 Å². The molecule has 2 heterocycles. The summed E-state index contributed by atoms with van der Waals surface area (Å²) in [4.78, 5) is 3.43. The molecule has 0 aliphatic heterocycles. The van der Waals surface area contributed by atoms with E-state index in [0.717, 1.165) is 12.4 Å². The van der Waals surface area contributed by atoms with E-state index in [1.165, 1.54) is 0 Å². The molecule has 0 amide bonds. The summed E-state index contributed by atoms with van der Waals surface area (Å²) in [6.07, 6.45) is -3.08. The molecule has 0 atom stereocenters. The van der Waals surface area contributed by atoms with Crippen LogP contribution in [-0.2, 0) is 0 Å². The van der Waals surface area contributed by atoms with Gasteiger partial charge in [-0.15, -0.1) is 0 Å². The van der Waals surface area contributed by atoms with Gasteiger partial charge in [0.25, 0.3) is 0 Å². The summed E-state index contributed by atoms with van der Waals surface area (Å²) < 4.78 is 62.8. The first-order chi connectivity index (χ1) is 7.37. The van der Waals surface area contributed by atoms with E-state index in [0.29, 0.717) is 10.5 Å². The maximum absolute atomic E-state index is 13.1. The van der Waals surface area contributed by atoms with Crippen molar-refractivity contribution in [1.82, 2.24) is 9.38 Å². The number of halogens is 5. The Morgan fingerprint density at radius 1 is 1.24 bits per heavy atom. The molecular formula is C9H5F5LiN2. The summed E-state index contributed by atoms with van der Waals surface area (Å²) in [5.74, 6) is -1.98. The Balaban J connectivity index is 0.00000144. The molecule has 0 unspecified atom stereocenters. The fraction of sp³-hybridized carbons (Fsp3) is 0.111. The van der Waals surface area contributed by atoms with E-state index < -0.39 is 23.5 Å². The van der Waals surface area contributed by atoms with Gasteiger partial charge in [0.05, 0.1) is 5.69 Å². The number of rotatable bonds is 1. The van der Waals surface area contributed by atoms with E-state index in [1.807, 2.05) is 0 Å². The van der Waals surface area contributed by atoms with Crippen molar-refractivity contribution >= 4 is 24.5 Å². The monoisotopic (exact) mass is 243 g/mol. The minimum absolute atomic E-state index is 0. The standard InChI is InChI=1S/C9H4F5N2.Li.H/c10-5-1-7(11)8-15-3-6(16(8)4-5)2-9(12,13)14;;/h1-4H;;. The molecule has 87 valence electrons. The molecule has 0 bridgehead atoms. The Morgan fingerprint density at radius 3 is 2.47 bits per heavy atom. The fourth-order valence-corrected chi connectivity index (χ4v) is 1.31. The zero-order valence-electron chi connectivity index (χ0n) is 7.59. The predicted molar refractivity (Wildman–Crippen MR) is 51.7 cm³/mol. The van der Waals surface area contributed by atoms with Gasteiger partial charge in [-0.3, -0.25) is 4.40 Å². The van der Waals surface area contributed by atoms with Gasteiger partial charge in [-0.25, -0.2) is 13.8 Å². The Kier molecular flexibility index (Phi) is 3.84. The predicted octanol–water partition coefficient (Wildman–Crippen LogP) is 2.08. The SMILES string of the molecule is Fc1cc(F)c2ncc([CH]C(F)(F)F)n2c1.[LiH]. The van der Waals surface area contributed by atoms with Crippen LogP contribution in [-0.4, -0.2) is 34.4 Å². The van der Waals surface area contributed by atoms with E-state index in [9.17, 15) is 22.0 Å². The molecule has 0 saturated carbocycles. The normalized spacial score (nSPS) is 11.6. The summed E-state index contributed by atoms with van der Waals surface area (Å²) in [6.45, 7) is 0. The van der Waals surface area contributed by atoms with Crippen molar-refractivity contribution in [3.05, 3.63) is 42.2 Å². The molecule has 0 aromatic carbocycles. The third kappa shape index (κ3) is 2.99. The molecule has 2 aromatic rings. The van der Waals surface area contributed by atoms with Crippen molar-refractivity contribution < 1.29 is 22.0 Å². The summed E-state index contributed by atoms with van der Waals surface area (Å²) >= 11 is 0. The zero-order chi connectivity index (χ0) is 11.9. The van der Waals surface area contributed by atoms with E-state index in [2.05, 4.69) is 4.98 Å². The van der Waals surface area contributed by atoms with Crippen molar-refractivity contribution in [2.24, 2.45) is 0 Å². The summed E-state index contributed by atoms with van der Waals surface area (Å²) in [5.41, 5.74) is -0.780. The Hall–Kier alpha value is -1.06. The first-order valence-electron chi connectivity index (χ1n) is 4.11. The molecule has 17 heavy (non-hydrogen) atoms. The third-order valence-corrected chi connectivity index (χ3v) is 1.87. The average molecular weight is 243 g/mol. The number of hydrogen-bond donors (Lipinski definition) is 0. The van der Waals surface area contributed by atoms with Gasteiger partial charge in [0.1, 0.15) is 12.2 Å². The number of aromatic nitrogens is 2. The molecule has 0 spiro atoms. The summed E-state index contributed by atoms with van der Waals surface area (Å²) in [7, 11) is 0. The van der Waals surface area contributed by atoms with Gasteiger partial charge in [0.15, 0.2) is 11.5 Å². The second kappa shape index (κ2) is 4.67. The summed E-state index contributed by atoms with van der Waals surface area (Å²) in [5, 5.41) is 0. The van der Waals surface area contributed by atoms with Crippen molar-refractivity contribution in [2.45, 2.75) is 6.18 Å². The van der Waals surface area contributed by atoms with Crippen LogP contribution in [0.1, 0.15) is 5.69 Å². The fourth-order valence-electron chi connectivity index (χ4n) is 1.31. The topological polar surface area (TPSA) is 17.3 Å². The second-order valence-electron chi connectivity index (χ2n) is 3.07. The van der Waals surface area contributed by atoms with E-state index in [-0.39, 0.29) is 30.9 Å². The van der Waals surface area contributed by atoms with Gasteiger partial charge in [-0.2, -0.15) is 13.2 Å². The maximum atomic E-state index is 13.1. The van der Waals surface area contributed by atoms with Crippen molar-refractivity contribution in [3.8, 4) is 0 Å². The van der Waals surface area contributed by atoms with Crippen molar-refractivity contribution in [2.75, 3.05) is 0 Å². The zero-order valence-corrected chi connectivity index (χ0v) is 7.59.